The van der Waals surface area contributed by atoms with E-state index in [1.165, 1.54) is 0 Å². The van der Waals surface area contributed by atoms with E-state index in [2.05, 4.69) is 20.5 Å². The maximum atomic E-state index is 16.3. The van der Waals surface area contributed by atoms with Gasteiger partial charge in [0, 0.05) is 35.3 Å². The molecule has 172 valence electrons. The van der Waals surface area contributed by atoms with E-state index in [0.717, 1.165) is 48.2 Å². The average Bonchev–Trinajstić information content (AvgIpc) is 3.53. The van der Waals surface area contributed by atoms with Crippen LogP contribution < -0.4 is 16.4 Å². The van der Waals surface area contributed by atoms with Crippen LogP contribution in [0.25, 0.3) is 15.7 Å². The highest BCUT2D eigenvalue weighted by Crippen LogP contribution is 2.48. The molecule has 8 nitrogen and oxygen atoms in total. The molecule has 1 unspecified atom stereocenters. The van der Waals surface area contributed by atoms with Gasteiger partial charge >= 0.3 is 0 Å². The van der Waals surface area contributed by atoms with Crippen LogP contribution in [0.4, 0.5) is 13.8 Å². The number of anilines is 1. The van der Waals surface area contributed by atoms with Gasteiger partial charge in [0.05, 0.1) is 41.4 Å². The number of rotatable bonds is 1. The monoisotopic (exact) mass is 479 g/mol. The first-order valence-electron chi connectivity index (χ1n) is 11.1. The second-order valence-electron chi connectivity index (χ2n) is 8.95. The van der Waals surface area contributed by atoms with Gasteiger partial charge < -0.3 is 26.0 Å². The summed E-state index contributed by atoms with van der Waals surface area (Å²) in [5, 5.41) is 16.8. The van der Waals surface area contributed by atoms with Crippen molar-refractivity contribution in [1.29, 1.82) is 5.26 Å². The Morgan fingerprint density at radius 2 is 2.15 bits per heavy atom. The Balaban J connectivity index is 1.41. The number of guanidine groups is 1. The lowest BCUT2D eigenvalue weighted by Crippen LogP contribution is -2.65. The standard InChI is InChI=1S/C23H19F2N7OS/c24-13-5-29-20(17-9(3-26)22(27)34-21(13)17)16-12-8-33-7-11(12)10-4-30-23(31-19(10)18(16)25)32-6-14-15(32)1-2-28-14/h4-5,14-15,19,28H,1-2,6-8,27H2,(H,30,31)/t14-,15-,19?/m0/s1. The molecule has 0 bridgehead atoms. The number of aromatic nitrogens is 1. The number of ether oxygens (including phenoxy) is 1. The summed E-state index contributed by atoms with van der Waals surface area (Å²) >= 11 is 0.967. The van der Waals surface area contributed by atoms with E-state index in [9.17, 15) is 9.65 Å². The number of hydrogen-bond acceptors (Lipinski definition) is 9. The zero-order valence-electron chi connectivity index (χ0n) is 17.9. The molecular formula is C23H19F2N7OS. The van der Waals surface area contributed by atoms with Crippen LogP contribution in [0, 0.1) is 17.1 Å². The third-order valence-corrected chi connectivity index (χ3v) is 8.34. The number of nitrogen functional groups attached to an aromatic ring is 1. The normalized spacial score (nSPS) is 27.6. The van der Waals surface area contributed by atoms with Gasteiger partial charge in [0.25, 0.3) is 0 Å². The number of aliphatic imine (C=N–C) groups is 1. The second-order valence-corrected chi connectivity index (χ2v) is 10.0. The van der Waals surface area contributed by atoms with Crippen LogP contribution in [0.15, 0.2) is 39.9 Å². The zero-order valence-corrected chi connectivity index (χ0v) is 18.7. The molecule has 2 saturated heterocycles. The Morgan fingerprint density at radius 3 is 2.97 bits per heavy atom. The molecule has 4 N–H and O–H groups in total. The molecule has 11 heteroatoms. The summed E-state index contributed by atoms with van der Waals surface area (Å²) in [6, 6.07) is 1.98. The van der Waals surface area contributed by atoms with Gasteiger partial charge in [-0.25, -0.2) is 13.8 Å². The minimum absolute atomic E-state index is 0.111. The Hall–Kier alpha value is -3.33. The van der Waals surface area contributed by atoms with Crippen molar-refractivity contribution in [2.24, 2.45) is 4.99 Å². The maximum absolute atomic E-state index is 16.3. The smallest absolute Gasteiger partial charge is 0.199 e. The number of thiophene rings is 1. The molecule has 1 aliphatic carbocycles. The fourth-order valence-electron chi connectivity index (χ4n) is 5.65. The molecule has 0 saturated carbocycles. The molecule has 6 heterocycles. The van der Waals surface area contributed by atoms with E-state index < -0.39 is 17.7 Å². The molecule has 2 aromatic rings. The van der Waals surface area contributed by atoms with Crippen molar-refractivity contribution in [1.82, 2.24) is 20.5 Å². The Kier molecular flexibility index (Phi) is 4.18. The minimum atomic E-state index is -0.858. The van der Waals surface area contributed by atoms with Crippen molar-refractivity contribution in [2.45, 2.75) is 24.5 Å². The molecule has 2 aromatic heterocycles. The molecule has 4 aliphatic heterocycles. The highest BCUT2D eigenvalue weighted by molar-refractivity contribution is 7.23. The third-order valence-electron chi connectivity index (χ3n) is 7.31. The van der Waals surface area contributed by atoms with Crippen molar-refractivity contribution in [3.63, 3.8) is 0 Å². The van der Waals surface area contributed by atoms with Gasteiger partial charge in [0.1, 0.15) is 22.9 Å². The number of likely N-dealkylation sites (tertiary alicyclic amines) is 1. The van der Waals surface area contributed by atoms with Crippen LogP contribution in [0.3, 0.4) is 0 Å². The van der Waals surface area contributed by atoms with Crippen LogP contribution in [0.1, 0.15) is 17.7 Å². The second kappa shape index (κ2) is 7.09. The van der Waals surface area contributed by atoms with Crippen molar-refractivity contribution in [3.8, 4) is 6.07 Å². The number of nitrogens with two attached hydrogens (primary N) is 1. The molecule has 3 atom stereocenters. The number of nitrogens with zero attached hydrogens (tertiary/aromatic N) is 4. The molecule has 0 spiro atoms. The van der Waals surface area contributed by atoms with Crippen molar-refractivity contribution < 1.29 is 13.5 Å². The van der Waals surface area contributed by atoms with Crippen molar-refractivity contribution in [3.05, 3.63) is 52.0 Å². The lowest BCUT2D eigenvalue weighted by molar-refractivity contribution is 0.154. The Bertz CT molecular complexity index is 1450. The first-order valence-corrected chi connectivity index (χ1v) is 11.9. The summed E-state index contributed by atoms with van der Waals surface area (Å²) in [4.78, 5) is 11.2. The van der Waals surface area contributed by atoms with Gasteiger partial charge in [0.2, 0.25) is 0 Å². The summed E-state index contributed by atoms with van der Waals surface area (Å²) in [6.07, 6.45) is 3.90. The molecule has 5 aliphatic rings. The topological polar surface area (TPSA) is 112 Å². The van der Waals surface area contributed by atoms with E-state index in [0.29, 0.717) is 30.2 Å². The number of nitriles is 1. The van der Waals surface area contributed by atoms with Gasteiger partial charge in [-0.05, 0) is 24.1 Å². The lowest BCUT2D eigenvalue weighted by Gasteiger charge is -2.46. The molecule has 0 radical (unpaired) electrons. The highest BCUT2D eigenvalue weighted by Gasteiger charge is 2.46. The average molecular weight is 480 g/mol. The van der Waals surface area contributed by atoms with Crippen LogP contribution in [0.2, 0.25) is 0 Å². The maximum Gasteiger partial charge on any atom is 0.199 e. The lowest BCUT2D eigenvalue weighted by atomic mass is 9.82. The SMILES string of the molecule is N#Cc1c(N)sc2c(F)cnc(C3=C(F)C4N=C(N5C[C@@H]6NCC[C@@H]65)NC=C4C4=C3COC4)c12. The molecule has 0 aromatic carbocycles. The quantitative estimate of drug-likeness (QED) is 0.575. The molecule has 34 heavy (non-hydrogen) atoms. The van der Waals surface area contributed by atoms with E-state index in [1.54, 1.807) is 0 Å². The van der Waals surface area contributed by atoms with Gasteiger partial charge in [-0.1, -0.05) is 0 Å². The number of hydrogen-bond donors (Lipinski definition) is 3. The fraction of sp³-hybridized carbons (Fsp3) is 0.348. The predicted molar refractivity (Wildman–Crippen MR) is 124 cm³/mol. The number of fused-ring (bicyclic) bond motifs is 4. The van der Waals surface area contributed by atoms with Crippen molar-refractivity contribution in [2.75, 3.05) is 32.0 Å². The first-order chi connectivity index (χ1) is 16.6. The summed E-state index contributed by atoms with van der Waals surface area (Å²) in [6.45, 7) is 2.30. The van der Waals surface area contributed by atoms with Crippen LogP contribution >= 0.6 is 11.3 Å². The third kappa shape index (κ3) is 2.56. The summed E-state index contributed by atoms with van der Waals surface area (Å²) < 4.78 is 36.8. The fourth-order valence-corrected chi connectivity index (χ4v) is 6.57. The molecule has 7 rings (SSSR count). The number of nitrogens with one attached hydrogen (secondary N) is 2. The van der Waals surface area contributed by atoms with Crippen LogP contribution in [0.5, 0.6) is 0 Å². The van der Waals surface area contributed by atoms with E-state index in [1.807, 2.05) is 12.3 Å². The molecule has 0 amide bonds. The summed E-state index contributed by atoms with van der Waals surface area (Å²) in [7, 11) is 0. The van der Waals surface area contributed by atoms with E-state index in [-0.39, 0.29) is 38.5 Å². The Morgan fingerprint density at radius 1 is 1.29 bits per heavy atom. The molecule has 2 fully saturated rings. The van der Waals surface area contributed by atoms with E-state index >= 15 is 4.39 Å². The highest BCUT2D eigenvalue weighted by atomic mass is 32.1. The Labute approximate surface area is 197 Å². The van der Waals surface area contributed by atoms with Gasteiger partial charge in [-0.2, -0.15) is 5.26 Å². The zero-order chi connectivity index (χ0) is 23.1. The molecular weight excluding hydrogens is 460 g/mol. The number of halogens is 2. The number of pyridine rings is 1. The van der Waals surface area contributed by atoms with Gasteiger partial charge in [-0.3, -0.25) is 4.98 Å². The first kappa shape index (κ1) is 20.1. The summed E-state index contributed by atoms with van der Waals surface area (Å²) in [5.41, 5.74) is 8.76. The summed E-state index contributed by atoms with van der Waals surface area (Å²) in [5.74, 6) is -0.429. The van der Waals surface area contributed by atoms with Gasteiger partial charge in [-0.15, -0.1) is 11.3 Å². The van der Waals surface area contributed by atoms with Gasteiger partial charge in [0.15, 0.2) is 11.8 Å². The van der Waals surface area contributed by atoms with Crippen LogP contribution in [-0.4, -0.2) is 60.3 Å². The van der Waals surface area contributed by atoms with Crippen molar-refractivity contribution >= 4 is 38.0 Å². The minimum Gasteiger partial charge on any atom is -0.389 e. The van der Waals surface area contributed by atoms with E-state index in [4.69, 9.17) is 15.5 Å². The predicted octanol–water partition coefficient (Wildman–Crippen LogP) is 2.17. The van der Waals surface area contributed by atoms with Crippen LogP contribution in [-0.2, 0) is 4.74 Å². The largest absolute Gasteiger partial charge is 0.389 e.